The first-order valence-electron chi connectivity index (χ1n) is 4.95. The molecule has 80 valence electrons. The summed E-state index contributed by atoms with van der Waals surface area (Å²) >= 11 is 0. The van der Waals surface area contributed by atoms with Gasteiger partial charge in [-0.3, -0.25) is 4.79 Å². The number of pyridine rings is 1. The molecule has 0 aromatic carbocycles. The van der Waals surface area contributed by atoms with Gasteiger partial charge < -0.3 is 9.72 Å². The number of H-pyrrole nitrogens is 1. The van der Waals surface area contributed by atoms with Gasteiger partial charge in [-0.1, -0.05) is 6.92 Å². The highest BCUT2D eigenvalue weighted by Gasteiger charge is 2.37. The predicted molar refractivity (Wildman–Crippen MR) is 54.9 cm³/mol. The molecule has 1 fully saturated rings. The van der Waals surface area contributed by atoms with Crippen molar-refractivity contribution in [1.29, 1.82) is 0 Å². The van der Waals surface area contributed by atoms with Crippen molar-refractivity contribution in [3.63, 3.8) is 0 Å². The van der Waals surface area contributed by atoms with Gasteiger partial charge in [0.25, 0.3) is 0 Å². The number of methoxy groups -OCH3 is 1. The Morgan fingerprint density at radius 2 is 2.20 bits per heavy atom. The van der Waals surface area contributed by atoms with Crippen molar-refractivity contribution in [2.75, 3.05) is 7.11 Å². The van der Waals surface area contributed by atoms with E-state index in [1.807, 2.05) is 0 Å². The number of nitrogens with one attached hydrogen (secondary N) is 1. The number of rotatable bonds is 2. The Bertz CT molecular complexity index is 449. The molecule has 1 N–H and O–H groups in total. The second-order valence-electron chi connectivity index (χ2n) is 3.96. The standard InChI is InChI=1S/C11H13NO3/c1-6-5-8(6)10-7(11(14)15-2)3-4-9(13)12-10/h3-4,6,8H,5H2,1-2H3,(H,12,13). The van der Waals surface area contributed by atoms with Crippen LogP contribution >= 0.6 is 0 Å². The third-order valence-electron chi connectivity index (χ3n) is 2.83. The van der Waals surface area contributed by atoms with Crippen LogP contribution in [0, 0.1) is 5.92 Å². The molecule has 1 aromatic rings. The number of carbonyl (C=O) groups excluding carboxylic acids is 1. The molecule has 0 radical (unpaired) electrons. The van der Waals surface area contributed by atoms with E-state index in [0.717, 1.165) is 12.1 Å². The van der Waals surface area contributed by atoms with Gasteiger partial charge in [0.1, 0.15) is 0 Å². The number of aromatic amines is 1. The van der Waals surface area contributed by atoms with Gasteiger partial charge >= 0.3 is 5.97 Å². The van der Waals surface area contributed by atoms with E-state index in [9.17, 15) is 9.59 Å². The molecule has 4 heteroatoms. The van der Waals surface area contributed by atoms with Crippen molar-refractivity contribution < 1.29 is 9.53 Å². The maximum Gasteiger partial charge on any atom is 0.339 e. The number of ether oxygens (including phenoxy) is 1. The lowest BCUT2D eigenvalue weighted by atomic mass is 10.1. The lowest BCUT2D eigenvalue weighted by molar-refractivity contribution is 0.0598. The van der Waals surface area contributed by atoms with Crippen molar-refractivity contribution in [2.24, 2.45) is 5.92 Å². The predicted octanol–water partition coefficient (Wildman–Crippen LogP) is 1.28. The van der Waals surface area contributed by atoms with Crippen LogP contribution in [0.4, 0.5) is 0 Å². The first-order valence-corrected chi connectivity index (χ1v) is 4.95. The van der Waals surface area contributed by atoms with Gasteiger partial charge in [-0.25, -0.2) is 4.79 Å². The van der Waals surface area contributed by atoms with Crippen molar-refractivity contribution in [3.05, 3.63) is 33.7 Å². The molecule has 0 spiro atoms. The number of aromatic nitrogens is 1. The van der Waals surface area contributed by atoms with E-state index in [0.29, 0.717) is 17.4 Å². The molecule has 1 aliphatic rings. The number of esters is 1. The Morgan fingerprint density at radius 1 is 1.53 bits per heavy atom. The fourth-order valence-electron chi connectivity index (χ4n) is 1.80. The minimum atomic E-state index is -0.389. The second kappa shape index (κ2) is 3.53. The molecular weight excluding hydrogens is 194 g/mol. The van der Waals surface area contributed by atoms with Crippen molar-refractivity contribution in [3.8, 4) is 0 Å². The summed E-state index contributed by atoms with van der Waals surface area (Å²) in [5.41, 5.74) is 1.03. The SMILES string of the molecule is COC(=O)c1ccc(=O)[nH]c1C1CC1C. The van der Waals surface area contributed by atoms with Crippen LogP contribution in [-0.4, -0.2) is 18.1 Å². The summed E-state index contributed by atoms with van der Waals surface area (Å²) in [6, 6.07) is 2.88. The Morgan fingerprint density at radius 3 is 2.73 bits per heavy atom. The van der Waals surface area contributed by atoms with Gasteiger partial charge in [-0.2, -0.15) is 0 Å². The van der Waals surface area contributed by atoms with Crippen LogP contribution in [-0.2, 0) is 4.74 Å². The summed E-state index contributed by atoms with van der Waals surface area (Å²) in [5, 5.41) is 0. The second-order valence-corrected chi connectivity index (χ2v) is 3.96. The van der Waals surface area contributed by atoms with E-state index >= 15 is 0 Å². The van der Waals surface area contributed by atoms with Crippen LogP contribution in [0.1, 0.15) is 35.3 Å². The molecule has 2 unspecified atom stereocenters. The third kappa shape index (κ3) is 1.79. The van der Waals surface area contributed by atoms with E-state index in [1.165, 1.54) is 19.2 Å². The van der Waals surface area contributed by atoms with E-state index in [1.54, 1.807) is 0 Å². The maximum absolute atomic E-state index is 11.4. The van der Waals surface area contributed by atoms with Crippen LogP contribution in [0.2, 0.25) is 0 Å². The normalized spacial score (nSPS) is 23.6. The van der Waals surface area contributed by atoms with Crippen molar-refractivity contribution in [2.45, 2.75) is 19.3 Å². The Balaban J connectivity index is 2.45. The fourth-order valence-corrected chi connectivity index (χ4v) is 1.80. The highest BCUT2D eigenvalue weighted by molar-refractivity contribution is 5.90. The summed E-state index contributed by atoms with van der Waals surface area (Å²) in [4.78, 5) is 25.4. The monoisotopic (exact) mass is 207 g/mol. The molecule has 1 aromatic heterocycles. The molecule has 0 amide bonds. The summed E-state index contributed by atoms with van der Waals surface area (Å²) < 4.78 is 4.67. The summed E-state index contributed by atoms with van der Waals surface area (Å²) in [6.07, 6.45) is 1.02. The number of hydrogen-bond acceptors (Lipinski definition) is 3. The van der Waals surface area contributed by atoms with Gasteiger partial charge in [0.2, 0.25) is 5.56 Å². The molecule has 0 aliphatic heterocycles. The average molecular weight is 207 g/mol. The van der Waals surface area contributed by atoms with Gasteiger partial charge in [-0.15, -0.1) is 0 Å². The van der Waals surface area contributed by atoms with Crippen LogP contribution in [0.15, 0.2) is 16.9 Å². The topological polar surface area (TPSA) is 59.2 Å². The quantitative estimate of drug-likeness (QED) is 0.743. The van der Waals surface area contributed by atoms with Crippen LogP contribution in [0.3, 0.4) is 0 Å². The Labute approximate surface area is 87.3 Å². The van der Waals surface area contributed by atoms with Gasteiger partial charge in [0.05, 0.1) is 12.7 Å². The zero-order chi connectivity index (χ0) is 11.0. The van der Waals surface area contributed by atoms with Gasteiger partial charge in [-0.05, 0) is 18.4 Å². The van der Waals surface area contributed by atoms with Crippen molar-refractivity contribution >= 4 is 5.97 Å². The highest BCUT2D eigenvalue weighted by atomic mass is 16.5. The summed E-state index contributed by atoms with van der Waals surface area (Å²) in [6.45, 7) is 2.09. The van der Waals surface area contributed by atoms with Gasteiger partial charge in [0.15, 0.2) is 0 Å². The average Bonchev–Trinajstić information content (AvgIpc) is 2.94. The molecule has 1 saturated carbocycles. The van der Waals surface area contributed by atoms with E-state index in [4.69, 9.17) is 0 Å². The van der Waals surface area contributed by atoms with Crippen LogP contribution in [0.25, 0.3) is 0 Å². The van der Waals surface area contributed by atoms with Crippen LogP contribution in [0.5, 0.6) is 0 Å². The fraction of sp³-hybridized carbons (Fsp3) is 0.455. The zero-order valence-electron chi connectivity index (χ0n) is 8.74. The molecule has 2 atom stereocenters. The molecule has 0 bridgehead atoms. The maximum atomic E-state index is 11.4. The molecule has 15 heavy (non-hydrogen) atoms. The highest BCUT2D eigenvalue weighted by Crippen LogP contribution is 2.46. The Hall–Kier alpha value is -1.58. The molecule has 2 rings (SSSR count). The van der Waals surface area contributed by atoms with Gasteiger partial charge in [0, 0.05) is 17.7 Å². The van der Waals surface area contributed by atoms with E-state index < -0.39 is 0 Å². The smallest absolute Gasteiger partial charge is 0.339 e. The minimum absolute atomic E-state index is 0.170. The molecule has 4 nitrogen and oxygen atoms in total. The molecule has 1 heterocycles. The molecule has 0 saturated heterocycles. The van der Waals surface area contributed by atoms with E-state index in [2.05, 4.69) is 16.6 Å². The zero-order valence-corrected chi connectivity index (χ0v) is 8.74. The largest absolute Gasteiger partial charge is 0.465 e. The van der Waals surface area contributed by atoms with Crippen LogP contribution < -0.4 is 5.56 Å². The number of hydrogen-bond donors (Lipinski definition) is 1. The first-order chi connectivity index (χ1) is 7.13. The third-order valence-corrected chi connectivity index (χ3v) is 2.83. The lowest BCUT2D eigenvalue weighted by Crippen LogP contribution is -2.14. The molecule has 1 aliphatic carbocycles. The number of carbonyl (C=O) groups is 1. The molecular formula is C11H13NO3. The summed E-state index contributed by atoms with van der Waals surface area (Å²) in [7, 11) is 1.34. The lowest BCUT2D eigenvalue weighted by Gasteiger charge is -2.05. The first kappa shape index (κ1) is 9.96. The van der Waals surface area contributed by atoms with E-state index in [-0.39, 0.29) is 11.5 Å². The Kier molecular flexibility index (Phi) is 2.34. The minimum Gasteiger partial charge on any atom is -0.465 e. The summed E-state index contributed by atoms with van der Waals surface area (Å²) in [5.74, 6) is 0.444. The van der Waals surface area contributed by atoms with Crippen molar-refractivity contribution in [1.82, 2.24) is 4.98 Å².